The average molecular weight is 717 g/mol. The first-order valence-electron chi connectivity index (χ1n) is 14.1. The molecular formula is C30H26F2N6O7S3. The number of benzene rings is 3. The van der Waals surface area contributed by atoms with Crippen LogP contribution in [-0.2, 0) is 24.6 Å². The van der Waals surface area contributed by atoms with Gasteiger partial charge in [-0.25, -0.2) is 40.6 Å². The summed E-state index contributed by atoms with van der Waals surface area (Å²) in [5, 5.41) is 25.1. The average Bonchev–Trinajstić information content (AvgIpc) is 3.48. The minimum atomic E-state index is -4.81. The van der Waals surface area contributed by atoms with Crippen LogP contribution in [0.5, 0.6) is 11.5 Å². The van der Waals surface area contributed by atoms with Crippen LogP contribution in [0.1, 0.15) is 0 Å². The number of sulfonamides is 1. The number of phenolic OH excluding ortho intramolecular Hbond substituents is 2. The molecule has 0 radical (unpaired) electrons. The van der Waals surface area contributed by atoms with Crippen molar-refractivity contribution in [3.63, 3.8) is 0 Å². The van der Waals surface area contributed by atoms with Gasteiger partial charge in [0.2, 0.25) is 5.95 Å². The lowest BCUT2D eigenvalue weighted by atomic mass is 10.1. The Balaban J connectivity index is 1.42. The normalized spacial score (nSPS) is 13.8. The van der Waals surface area contributed by atoms with E-state index in [0.29, 0.717) is 42.0 Å². The SMILES string of the molecule is CS(=O)(=O)c1ccc(O)c(Nc2nccc(-c3sc(N4CCOCC4)nc3-c3cccc(NS(=O)(=O)c4c(F)cccc4F)c3O)n2)c1. The molecule has 6 rings (SSSR count). The smallest absolute Gasteiger partial charge is 0.267 e. The Bertz CT molecular complexity index is 2230. The fourth-order valence-corrected chi connectivity index (χ4v) is 7.77. The van der Waals surface area contributed by atoms with Gasteiger partial charge in [-0.1, -0.05) is 23.5 Å². The number of hydrogen-bond donors (Lipinski definition) is 4. The van der Waals surface area contributed by atoms with Gasteiger partial charge in [-0.05, 0) is 48.5 Å². The fraction of sp³-hybridized carbons (Fsp3) is 0.167. The molecule has 3 aromatic carbocycles. The number of nitrogens with zero attached hydrogens (tertiary/aromatic N) is 4. The van der Waals surface area contributed by atoms with E-state index in [2.05, 4.69) is 20.0 Å². The van der Waals surface area contributed by atoms with Crippen molar-refractivity contribution in [2.75, 3.05) is 47.5 Å². The standard InChI is InChI=1S/C30H26F2N6O7S3/c1-47(41,42)17-8-9-24(39)23(16-17)35-29-33-11-10-22(34-29)27-25(36-30(46-27)38-12-14-45-15-13-38)18-4-2-7-21(26(18)40)37-48(43,44)28-19(31)5-3-6-20(28)32/h2-11,16,37,39-40H,12-15H2,1H3,(H,33,34,35). The van der Waals surface area contributed by atoms with E-state index < -0.39 is 42.1 Å². The summed E-state index contributed by atoms with van der Waals surface area (Å²) in [7, 11) is -8.39. The quantitative estimate of drug-likeness (QED) is 0.154. The first kappa shape index (κ1) is 33.0. The number of aromatic nitrogens is 3. The summed E-state index contributed by atoms with van der Waals surface area (Å²) in [5.41, 5.74) is 0.299. The van der Waals surface area contributed by atoms with Crippen LogP contribution in [0.15, 0.2) is 76.7 Å². The number of thiazole rings is 1. The Hall–Kier alpha value is -4.91. The molecule has 0 aliphatic carbocycles. The first-order chi connectivity index (χ1) is 22.8. The first-order valence-corrected chi connectivity index (χ1v) is 18.3. The van der Waals surface area contributed by atoms with Crippen LogP contribution >= 0.6 is 11.3 Å². The van der Waals surface area contributed by atoms with E-state index in [1.54, 1.807) is 6.07 Å². The lowest BCUT2D eigenvalue weighted by Gasteiger charge is -2.26. The van der Waals surface area contributed by atoms with Crippen molar-refractivity contribution in [2.24, 2.45) is 0 Å². The van der Waals surface area contributed by atoms with Crippen molar-refractivity contribution in [1.29, 1.82) is 0 Å². The molecule has 0 bridgehead atoms. The zero-order chi connectivity index (χ0) is 34.2. The highest BCUT2D eigenvalue weighted by Crippen LogP contribution is 2.45. The fourth-order valence-electron chi connectivity index (χ4n) is 4.82. The molecule has 250 valence electrons. The summed E-state index contributed by atoms with van der Waals surface area (Å²) in [6.07, 6.45) is 2.46. The lowest BCUT2D eigenvalue weighted by molar-refractivity contribution is 0.122. The number of aromatic hydroxyl groups is 2. The van der Waals surface area contributed by atoms with Crippen LogP contribution in [0, 0.1) is 11.6 Å². The molecule has 1 aliphatic rings. The molecule has 13 nitrogen and oxygen atoms in total. The number of ether oxygens (including phenoxy) is 1. The van der Waals surface area contributed by atoms with E-state index in [0.717, 1.165) is 24.5 Å². The molecule has 1 aliphatic heterocycles. The molecule has 0 saturated carbocycles. The molecule has 0 unspecified atom stereocenters. The van der Waals surface area contributed by atoms with Gasteiger partial charge in [0.25, 0.3) is 10.0 Å². The zero-order valence-electron chi connectivity index (χ0n) is 24.9. The van der Waals surface area contributed by atoms with Crippen molar-refractivity contribution in [3.05, 3.63) is 78.5 Å². The highest BCUT2D eigenvalue weighted by atomic mass is 32.2. The van der Waals surface area contributed by atoms with E-state index in [4.69, 9.17) is 9.72 Å². The van der Waals surface area contributed by atoms with Crippen molar-refractivity contribution in [3.8, 4) is 33.3 Å². The molecule has 1 saturated heterocycles. The maximum atomic E-state index is 14.4. The molecule has 0 spiro atoms. The van der Waals surface area contributed by atoms with Crippen LogP contribution in [0.25, 0.3) is 21.8 Å². The molecule has 48 heavy (non-hydrogen) atoms. The molecule has 0 amide bonds. The van der Waals surface area contributed by atoms with Gasteiger partial charge in [0.15, 0.2) is 19.9 Å². The van der Waals surface area contributed by atoms with Crippen molar-refractivity contribution >= 4 is 53.7 Å². The molecule has 4 N–H and O–H groups in total. The van der Waals surface area contributed by atoms with Gasteiger partial charge in [0, 0.05) is 31.1 Å². The molecule has 2 aromatic heterocycles. The number of morpholine rings is 1. The number of hydrogen-bond acceptors (Lipinski definition) is 13. The van der Waals surface area contributed by atoms with Crippen LogP contribution < -0.4 is 14.9 Å². The number of halogens is 2. The Morgan fingerprint density at radius 1 is 0.917 bits per heavy atom. The number of anilines is 4. The highest BCUT2D eigenvalue weighted by Gasteiger charge is 2.28. The van der Waals surface area contributed by atoms with E-state index in [1.165, 1.54) is 53.9 Å². The van der Waals surface area contributed by atoms with Gasteiger partial charge in [0.05, 0.1) is 45.7 Å². The molecule has 0 atom stereocenters. The Morgan fingerprint density at radius 2 is 1.62 bits per heavy atom. The van der Waals surface area contributed by atoms with Gasteiger partial charge in [-0.15, -0.1) is 0 Å². The maximum absolute atomic E-state index is 14.4. The van der Waals surface area contributed by atoms with Crippen molar-refractivity contribution in [2.45, 2.75) is 9.79 Å². The van der Waals surface area contributed by atoms with Crippen molar-refractivity contribution < 1.29 is 40.6 Å². The van der Waals surface area contributed by atoms with Crippen molar-refractivity contribution in [1.82, 2.24) is 15.0 Å². The van der Waals surface area contributed by atoms with E-state index in [1.807, 2.05) is 4.90 Å². The second-order valence-corrected chi connectivity index (χ2v) is 15.1. The van der Waals surface area contributed by atoms with Crippen LogP contribution in [0.3, 0.4) is 0 Å². The third kappa shape index (κ3) is 6.73. The van der Waals surface area contributed by atoms with Crippen LogP contribution in [-0.4, -0.2) is 74.6 Å². The maximum Gasteiger partial charge on any atom is 0.267 e. The summed E-state index contributed by atoms with van der Waals surface area (Å²) in [4.78, 5) is 14.7. The van der Waals surface area contributed by atoms with Gasteiger partial charge >= 0.3 is 0 Å². The molecule has 3 heterocycles. The van der Waals surface area contributed by atoms with Gasteiger partial charge in [-0.2, -0.15) is 0 Å². The third-order valence-corrected chi connectivity index (χ3v) is 10.8. The topological polar surface area (TPSA) is 184 Å². The largest absolute Gasteiger partial charge is 0.506 e. The van der Waals surface area contributed by atoms with E-state index in [9.17, 15) is 35.8 Å². The van der Waals surface area contributed by atoms with E-state index >= 15 is 0 Å². The molecule has 1 fully saturated rings. The van der Waals surface area contributed by atoms with Gasteiger partial charge in [0.1, 0.15) is 23.1 Å². The lowest BCUT2D eigenvalue weighted by Crippen LogP contribution is -2.36. The zero-order valence-corrected chi connectivity index (χ0v) is 27.3. The van der Waals surface area contributed by atoms with Crippen LogP contribution in [0.2, 0.25) is 0 Å². The molecule has 5 aromatic rings. The summed E-state index contributed by atoms with van der Waals surface area (Å²) in [5.74, 6) is -3.42. The number of rotatable bonds is 9. The summed E-state index contributed by atoms with van der Waals surface area (Å²) < 4.78 is 86.5. The summed E-state index contributed by atoms with van der Waals surface area (Å²) in [6.45, 7) is 1.96. The number of para-hydroxylation sites is 1. The highest BCUT2D eigenvalue weighted by molar-refractivity contribution is 7.92. The van der Waals surface area contributed by atoms with Crippen LogP contribution in [0.4, 0.5) is 31.2 Å². The van der Waals surface area contributed by atoms with Gasteiger partial charge < -0.3 is 25.2 Å². The second-order valence-electron chi connectivity index (χ2n) is 10.5. The summed E-state index contributed by atoms with van der Waals surface area (Å²) >= 11 is 1.23. The summed E-state index contributed by atoms with van der Waals surface area (Å²) in [6, 6.07) is 12.1. The monoisotopic (exact) mass is 716 g/mol. The van der Waals surface area contributed by atoms with Gasteiger partial charge in [-0.3, -0.25) is 4.72 Å². The number of sulfone groups is 1. The predicted molar refractivity (Wildman–Crippen MR) is 175 cm³/mol. The minimum Gasteiger partial charge on any atom is -0.506 e. The minimum absolute atomic E-state index is 0.00151. The number of nitrogens with one attached hydrogen (secondary N) is 2. The Kier molecular flexibility index (Phi) is 8.90. The Labute approximate surface area is 277 Å². The predicted octanol–water partition coefficient (Wildman–Crippen LogP) is 4.74. The second kappa shape index (κ2) is 12.9. The third-order valence-electron chi connectivity index (χ3n) is 7.15. The Morgan fingerprint density at radius 3 is 2.33 bits per heavy atom. The number of phenols is 2. The molecular weight excluding hydrogens is 691 g/mol. The molecule has 18 heteroatoms. The van der Waals surface area contributed by atoms with E-state index in [-0.39, 0.29) is 39.2 Å².